The summed E-state index contributed by atoms with van der Waals surface area (Å²) in [5.41, 5.74) is 2.42. The molecule has 0 radical (unpaired) electrons. The third-order valence-electron chi connectivity index (χ3n) is 3.88. The smallest absolute Gasteiger partial charge is 0.0467 e. The van der Waals surface area contributed by atoms with Crippen molar-refractivity contribution in [3.05, 3.63) is 28.8 Å². The van der Waals surface area contributed by atoms with Crippen molar-refractivity contribution in [2.45, 2.75) is 25.6 Å². The van der Waals surface area contributed by atoms with Crippen LogP contribution in [0.25, 0.3) is 0 Å². The highest BCUT2D eigenvalue weighted by Gasteiger charge is 2.22. The van der Waals surface area contributed by atoms with E-state index in [9.17, 15) is 0 Å². The number of hydrogen-bond acceptors (Lipinski definition) is 1. The van der Waals surface area contributed by atoms with Crippen molar-refractivity contribution < 1.29 is 0 Å². The zero-order valence-corrected chi connectivity index (χ0v) is 12.8. The topological polar surface area (TPSA) is 3.24 Å². The van der Waals surface area contributed by atoms with E-state index in [2.05, 4.69) is 52.9 Å². The van der Waals surface area contributed by atoms with Crippen LogP contribution in [0.15, 0.2) is 18.2 Å². The monoisotopic (exact) mass is 315 g/mol. The van der Waals surface area contributed by atoms with Crippen molar-refractivity contribution in [1.82, 2.24) is 0 Å². The van der Waals surface area contributed by atoms with Gasteiger partial charge in [0.15, 0.2) is 0 Å². The molecule has 2 unspecified atom stereocenters. The molecule has 1 nitrogen and oxygen atoms in total. The quantitative estimate of drug-likeness (QED) is 0.714. The van der Waals surface area contributed by atoms with E-state index < -0.39 is 0 Å². The molecule has 0 aromatic heterocycles. The first kappa shape index (κ1) is 13.2. The zero-order valence-electron chi connectivity index (χ0n) is 10.4. The number of alkyl halides is 1. The summed E-state index contributed by atoms with van der Waals surface area (Å²) in [5, 5.41) is 1.69. The molecule has 1 aromatic carbocycles. The maximum atomic E-state index is 6.26. The predicted molar refractivity (Wildman–Crippen MR) is 79.2 cm³/mol. The number of anilines is 1. The number of halogens is 2. The Labute approximate surface area is 117 Å². The van der Waals surface area contributed by atoms with Gasteiger partial charge in [-0.2, -0.15) is 0 Å². The first-order valence-corrected chi connectivity index (χ1v) is 7.71. The second kappa shape index (κ2) is 5.62. The molecule has 0 amide bonds. The summed E-state index contributed by atoms with van der Waals surface area (Å²) in [6, 6.07) is 6.40. The van der Waals surface area contributed by atoms with Gasteiger partial charge in [0.05, 0.1) is 0 Å². The van der Waals surface area contributed by atoms with Crippen molar-refractivity contribution in [1.29, 1.82) is 0 Å². The molecular formula is C14H19BrClN. The van der Waals surface area contributed by atoms with Crippen LogP contribution in [0, 0.1) is 11.8 Å². The summed E-state index contributed by atoms with van der Waals surface area (Å²) in [5.74, 6) is 1.60. The van der Waals surface area contributed by atoms with Crippen molar-refractivity contribution in [2.24, 2.45) is 11.8 Å². The Kier molecular flexibility index (Phi) is 4.37. The predicted octanol–water partition coefficient (Wildman–Crippen LogP) is 4.72. The van der Waals surface area contributed by atoms with Gasteiger partial charge in [-0.15, -0.1) is 0 Å². The molecule has 94 valence electrons. The Bertz CT molecular complexity index is 394. The van der Waals surface area contributed by atoms with Gasteiger partial charge >= 0.3 is 0 Å². The number of hydrogen-bond donors (Lipinski definition) is 0. The molecule has 1 fully saturated rings. The molecule has 17 heavy (non-hydrogen) atoms. The fourth-order valence-corrected chi connectivity index (χ4v) is 3.23. The van der Waals surface area contributed by atoms with Gasteiger partial charge in [-0.3, -0.25) is 0 Å². The second-order valence-electron chi connectivity index (χ2n) is 5.10. The standard InChI is InChI=1S/C14H19BrClN/c1-10-5-6-17(9-11(10)2)13-4-3-12(8-15)14(16)7-13/h3-4,7,10-11H,5-6,8-9H2,1-2H3. The second-order valence-corrected chi connectivity index (χ2v) is 6.07. The molecule has 0 bridgehead atoms. The molecule has 0 N–H and O–H groups in total. The van der Waals surface area contributed by atoms with Crippen LogP contribution in [0.5, 0.6) is 0 Å². The Morgan fingerprint density at radius 1 is 1.35 bits per heavy atom. The maximum Gasteiger partial charge on any atom is 0.0467 e. The maximum absolute atomic E-state index is 6.26. The molecule has 1 heterocycles. The van der Waals surface area contributed by atoms with Crippen LogP contribution in [0.2, 0.25) is 5.02 Å². The van der Waals surface area contributed by atoms with Crippen molar-refractivity contribution in [3.8, 4) is 0 Å². The molecule has 0 spiro atoms. The molecule has 0 aliphatic carbocycles. The lowest BCUT2D eigenvalue weighted by atomic mass is 9.88. The van der Waals surface area contributed by atoms with E-state index in [0.29, 0.717) is 0 Å². The number of rotatable bonds is 2. The first-order valence-electron chi connectivity index (χ1n) is 6.21. The number of benzene rings is 1. The van der Waals surface area contributed by atoms with Gasteiger partial charge in [0.25, 0.3) is 0 Å². The molecule has 3 heteroatoms. The Morgan fingerprint density at radius 3 is 2.71 bits per heavy atom. The highest BCUT2D eigenvalue weighted by atomic mass is 79.9. The van der Waals surface area contributed by atoms with E-state index in [-0.39, 0.29) is 0 Å². The third kappa shape index (κ3) is 2.97. The fraction of sp³-hybridized carbons (Fsp3) is 0.571. The fourth-order valence-electron chi connectivity index (χ4n) is 2.34. The zero-order chi connectivity index (χ0) is 12.4. The minimum Gasteiger partial charge on any atom is -0.371 e. The van der Waals surface area contributed by atoms with Crippen molar-refractivity contribution in [2.75, 3.05) is 18.0 Å². The molecule has 0 saturated carbocycles. The van der Waals surface area contributed by atoms with Crippen molar-refractivity contribution >= 4 is 33.2 Å². The van der Waals surface area contributed by atoms with Crippen LogP contribution in [0.3, 0.4) is 0 Å². The summed E-state index contributed by atoms with van der Waals surface area (Å²) in [6.45, 7) is 6.98. The van der Waals surface area contributed by atoms with Gasteiger partial charge in [-0.25, -0.2) is 0 Å². The third-order valence-corrected chi connectivity index (χ3v) is 4.84. The summed E-state index contributed by atoms with van der Waals surface area (Å²) < 4.78 is 0. The SMILES string of the molecule is CC1CCN(c2ccc(CBr)c(Cl)c2)CC1C. The van der Waals surface area contributed by atoms with Gasteiger partial charge in [-0.05, 0) is 36.0 Å². The lowest BCUT2D eigenvalue weighted by Gasteiger charge is -2.37. The summed E-state index contributed by atoms with van der Waals surface area (Å²) in [4.78, 5) is 2.45. The summed E-state index contributed by atoms with van der Waals surface area (Å²) in [7, 11) is 0. The van der Waals surface area contributed by atoms with Crippen LogP contribution in [0.4, 0.5) is 5.69 Å². The van der Waals surface area contributed by atoms with Crippen LogP contribution in [-0.4, -0.2) is 13.1 Å². The Balaban J connectivity index is 2.15. The molecule has 1 aliphatic rings. The summed E-state index contributed by atoms with van der Waals surface area (Å²) in [6.07, 6.45) is 1.28. The van der Waals surface area contributed by atoms with E-state index in [1.165, 1.54) is 12.1 Å². The highest BCUT2D eigenvalue weighted by molar-refractivity contribution is 9.08. The Morgan fingerprint density at radius 2 is 2.12 bits per heavy atom. The molecule has 2 rings (SSSR count). The van der Waals surface area contributed by atoms with E-state index in [1.54, 1.807) is 0 Å². The molecule has 2 atom stereocenters. The highest BCUT2D eigenvalue weighted by Crippen LogP contribution is 2.30. The summed E-state index contributed by atoms with van der Waals surface area (Å²) >= 11 is 9.71. The lowest BCUT2D eigenvalue weighted by Crippen LogP contribution is -2.38. The van der Waals surface area contributed by atoms with Crippen LogP contribution < -0.4 is 4.90 Å². The van der Waals surface area contributed by atoms with E-state index in [0.717, 1.165) is 40.8 Å². The van der Waals surface area contributed by atoms with Gasteiger partial charge in [0.2, 0.25) is 0 Å². The molecule has 1 aliphatic heterocycles. The minimum atomic E-state index is 0.762. The number of nitrogens with zero attached hydrogens (tertiary/aromatic N) is 1. The van der Waals surface area contributed by atoms with Crippen molar-refractivity contribution in [3.63, 3.8) is 0 Å². The normalized spacial score (nSPS) is 25.1. The Hall–Kier alpha value is -0.210. The lowest BCUT2D eigenvalue weighted by molar-refractivity contribution is 0.324. The molecular weight excluding hydrogens is 298 g/mol. The van der Waals surface area contributed by atoms with Gasteiger partial charge in [0.1, 0.15) is 0 Å². The van der Waals surface area contributed by atoms with Gasteiger partial charge < -0.3 is 4.90 Å². The van der Waals surface area contributed by atoms with Gasteiger partial charge in [0, 0.05) is 29.1 Å². The van der Waals surface area contributed by atoms with Crippen LogP contribution in [0.1, 0.15) is 25.8 Å². The van der Waals surface area contributed by atoms with Crippen LogP contribution >= 0.6 is 27.5 Å². The van der Waals surface area contributed by atoms with E-state index in [1.807, 2.05) is 0 Å². The van der Waals surface area contributed by atoms with E-state index in [4.69, 9.17) is 11.6 Å². The number of piperidine rings is 1. The first-order chi connectivity index (χ1) is 8.11. The largest absolute Gasteiger partial charge is 0.371 e. The van der Waals surface area contributed by atoms with E-state index >= 15 is 0 Å². The molecule has 1 aromatic rings. The minimum absolute atomic E-state index is 0.762. The average molecular weight is 317 g/mol. The average Bonchev–Trinajstić information content (AvgIpc) is 2.32. The van der Waals surface area contributed by atoms with Crippen LogP contribution in [-0.2, 0) is 5.33 Å². The van der Waals surface area contributed by atoms with Gasteiger partial charge in [-0.1, -0.05) is 47.4 Å². The molecule has 1 saturated heterocycles.